The minimum atomic E-state index is -1.08. The highest BCUT2D eigenvalue weighted by molar-refractivity contribution is 5.54. The quantitative estimate of drug-likeness (QED) is 0.841. The smallest absolute Gasteiger partial charge is 0.157 e. The number of hydrogen-bond acceptors (Lipinski definition) is 4. The normalized spacial score (nSPS) is 24.7. The molecule has 0 aromatic carbocycles. The van der Waals surface area contributed by atoms with E-state index in [1.54, 1.807) is 6.92 Å². The van der Waals surface area contributed by atoms with Crippen LogP contribution in [-0.4, -0.2) is 39.9 Å². The molecule has 2 aromatic heterocycles. The standard InChI is InChI=1S/C18H25FN4O/c1-3-4-5-13-8-17-20-16(12(2)19)9-18(23(17)21-13)22-14-6-7-15(22)11-24-10-14/h8-9,12,14-15H,3-7,10-11H2,1-2H3. The first-order chi connectivity index (χ1) is 11.7. The fourth-order valence-corrected chi connectivity index (χ4v) is 3.90. The van der Waals surface area contributed by atoms with Crippen LogP contribution in [0.2, 0.25) is 0 Å². The van der Waals surface area contributed by atoms with Crippen LogP contribution >= 0.6 is 0 Å². The minimum Gasteiger partial charge on any atom is -0.377 e. The van der Waals surface area contributed by atoms with Crippen molar-refractivity contribution < 1.29 is 9.13 Å². The Morgan fingerprint density at radius 1 is 1.29 bits per heavy atom. The van der Waals surface area contributed by atoms with Gasteiger partial charge < -0.3 is 9.64 Å². The van der Waals surface area contributed by atoms with Gasteiger partial charge in [-0.25, -0.2) is 9.37 Å². The lowest BCUT2D eigenvalue weighted by Gasteiger charge is -2.36. The van der Waals surface area contributed by atoms with E-state index >= 15 is 0 Å². The molecule has 0 amide bonds. The summed E-state index contributed by atoms with van der Waals surface area (Å²) < 4.78 is 21.6. The number of hydrogen-bond donors (Lipinski definition) is 0. The van der Waals surface area contributed by atoms with E-state index in [4.69, 9.17) is 9.84 Å². The Morgan fingerprint density at radius 3 is 2.71 bits per heavy atom. The Bertz CT molecular complexity index is 713. The van der Waals surface area contributed by atoms with E-state index in [-0.39, 0.29) is 0 Å². The zero-order valence-corrected chi connectivity index (χ0v) is 14.4. The zero-order valence-electron chi connectivity index (χ0n) is 14.4. The molecular formula is C18H25FN4O. The number of alkyl halides is 1. The van der Waals surface area contributed by atoms with Crippen molar-refractivity contribution in [1.82, 2.24) is 14.6 Å². The Kier molecular flexibility index (Phi) is 4.16. The fraction of sp³-hybridized carbons (Fsp3) is 0.667. The molecule has 4 heterocycles. The van der Waals surface area contributed by atoms with Crippen molar-refractivity contribution in [2.45, 2.75) is 64.2 Å². The molecule has 2 saturated heterocycles. The van der Waals surface area contributed by atoms with Crippen molar-refractivity contribution in [1.29, 1.82) is 0 Å². The average molecular weight is 332 g/mol. The highest BCUT2D eigenvalue weighted by atomic mass is 19.1. The van der Waals surface area contributed by atoms with Gasteiger partial charge in [0.15, 0.2) is 5.65 Å². The summed E-state index contributed by atoms with van der Waals surface area (Å²) in [5.74, 6) is 0.970. The van der Waals surface area contributed by atoms with Gasteiger partial charge in [-0.05, 0) is 32.6 Å². The number of aromatic nitrogens is 3. The van der Waals surface area contributed by atoms with E-state index in [1.165, 1.54) is 0 Å². The molecule has 2 bridgehead atoms. The summed E-state index contributed by atoms with van der Waals surface area (Å²) >= 11 is 0. The Hall–Kier alpha value is -1.69. The monoisotopic (exact) mass is 332 g/mol. The zero-order chi connectivity index (χ0) is 16.7. The summed E-state index contributed by atoms with van der Waals surface area (Å²) in [4.78, 5) is 6.89. The first-order valence-corrected chi connectivity index (χ1v) is 9.07. The van der Waals surface area contributed by atoms with Gasteiger partial charge in [0.1, 0.15) is 12.0 Å². The fourth-order valence-electron chi connectivity index (χ4n) is 3.90. The number of ether oxygens (including phenoxy) is 1. The molecule has 2 aromatic rings. The number of nitrogens with zero attached hydrogens (tertiary/aromatic N) is 4. The second-order valence-corrected chi connectivity index (χ2v) is 6.99. The van der Waals surface area contributed by atoms with E-state index in [0.717, 1.165) is 62.5 Å². The summed E-state index contributed by atoms with van der Waals surface area (Å²) in [5.41, 5.74) is 2.28. The molecule has 2 fully saturated rings. The van der Waals surface area contributed by atoms with Gasteiger partial charge in [0.05, 0.1) is 36.7 Å². The molecule has 5 nitrogen and oxygen atoms in total. The molecule has 0 N–H and O–H groups in total. The van der Waals surface area contributed by atoms with Gasteiger partial charge in [0, 0.05) is 12.1 Å². The van der Waals surface area contributed by atoms with Crippen molar-refractivity contribution in [2.75, 3.05) is 18.1 Å². The van der Waals surface area contributed by atoms with Crippen LogP contribution in [0.4, 0.5) is 10.2 Å². The average Bonchev–Trinajstić information content (AvgIpc) is 3.09. The number of fused-ring (bicyclic) bond motifs is 3. The summed E-state index contributed by atoms with van der Waals surface area (Å²) in [6, 6.07) is 4.61. The topological polar surface area (TPSA) is 42.7 Å². The summed E-state index contributed by atoms with van der Waals surface area (Å²) in [7, 11) is 0. The van der Waals surface area contributed by atoms with E-state index < -0.39 is 6.17 Å². The van der Waals surface area contributed by atoms with Gasteiger partial charge in [-0.15, -0.1) is 0 Å². The molecule has 2 aliphatic rings. The maximum Gasteiger partial charge on any atom is 0.157 e. The first kappa shape index (κ1) is 15.8. The molecule has 0 spiro atoms. The van der Waals surface area contributed by atoms with Crippen LogP contribution in [0.25, 0.3) is 5.65 Å². The molecule has 6 heteroatoms. The molecule has 0 saturated carbocycles. The summed E-state index contributed by atoms with van der Waals surface area (Å²) in [6.07, 6.45) is 4.35. The lowest BCUT2D eigenvalue weighted by Crippen LogP contribution is -2.46. The van der Waals surface area contributed by atoms with E-state index in [1.807, 2.05) is 16.6 Å². The Balaban J connectivity index is 1.81. The second kappa shape index (κ2) is 6.31. The summed E-state index contributed by atoms with van der Waals surface area (Å²) in [6.45, 7) is 5.20. The van der Waals surface area contributed by atoms with Crippen LogP contribution in [-0.2, 0) is 11.2 Å². The lowest BCUT2D eigenvalue weighted by atomic mass is 10.2. The highest BCUT2D eigenvalue weighted by Crippen LogP contribution is 2.35. The van der Waals surface area contributed by atoms with Crippen LogP contribution in [0.3, 0.4) is 0 Å². The highest BCUT2D eigenvalue weighted by Gasteiger charge is 2.39. The lowest BCUT2D eigenvalue weighted by molar-refractivity contribution is 0.0899. The number of rotatable bonds is 5. The Morgan fingerprint density at radius 2 is 2.04 bits per heavy atom. The second-order valence-electron chi connectivity index (χ2n) is 6.99. The molecule has 2 aliphatic heterocycles. The first-order valence-electron chi connectivity index (χ1n) is 9.07. The number of halogens is 1. The van der Waals surface area contributed by atoms with Crippen molar-refractivity contribution >= 4 is 11.5 Å². The van der Waals surface area contributed by atoms with Crippen molar-refractivity contribution in [2.24, 2.45) is 0 Å². The molecule has 0 aliphatic carbocycles. The van der Waals surface area contributed by atoms with Gasteiger partial charge in [-0.3, -0.25) is 0 Å². The predicted molar refractivity (Wildman–Crippen MR) is 91.2 cm³/mol. The number of morpholine rings is 1. The molecule has 4 rings (SSSR count). The van der Waals surface area contributed by atoms with Crippen LogP contribution in [0.5, 0.6) is 0 Å². The Labute approximate surface area is 141 Å². The van der Waals surface area contributed by atoms with E-state index in [9.17, 15) is 4.39 Å². The van der Waals surface area contributed by atoms with Crippen molar-refractivity contribution in [3.05, 3.63) is 23.5 Å². The van der Waals surface area contributed by atoms with Crippen LogP contribution in [0.1, 0.15) is 57.1 Å². The number of anilines is 1. The van der Waals surface area contributed by atoms with Gasteiger partial charge in [-0.2, -0.15) is 9.61 Å². The summed E-state index contributed by atoms with van der Waals surface area (Å²) in [5, 5.41) is 4.77. The van der Waals surface area contributed by atoms with Crippen LogP contribution < -0.4 is 4.90 Å². The largest absolute Gasteiger partial charge is 0.377 e. The maximum atomic E-state index is 14.0. The van der Waals surface area contributed by atoms with Gasteiger partial charge >= 0.3 is 0 Å². The van der Waals surface area contributed by atoms with Gasteiger partial charge in [-0.1, -0.05) is 13.3 Å². The maximum absolute atomic E-state index is 14.0. The third-order valence-electron chi connectivity index (χ3n) is 5.18. The molecule has 130 valence electrons. The molecule has 24 heavy (non-hydrogen) atoms. The predicted octanol–water partition coefficient (Wildman–Crippen LogP) is 3.47. The third kappa shape index (κ3) is 2.66. The van der Waals surface area contributed by atoms with Gasteiger partial charge in [0.25, 0.3) is 0 Å². The third-order valence-corrected chi connectivity index (χ3v) is 5.18. The minimum absolute atomic E-state index is 0.361. The molecular weight excluding hydrogens is 307 g/mol. The van der Waals surface area contributed by atoms with Crippen molar-refractivity contribution in [3.8, 4) is 0 Å². The van der Waals surface area contributed by atoms with E-state index in [0.29, 0.717) is 17.8 Å². The number of unbranched alkanes of at least 4 members (excludes halogenated alkanes) is 1. The van der Waals surface area contributed by atoms with Crippen molar-refractivity contribution in [3.63, 3.8) is 0 Å². The molecule has 3 unspecified atom stereocenters. The van der Waals surface area contributed by atoms with E-state index in [2.05, 4.69) is 16.8 Å². The molecule has 0 radical (unpaired) electrons. The van der Waals surface area contributed by atoms with Gasteiger partial charge in [0.2, 0.25) is 0 Å². The van der Waals surface area contributed by atoms with Crippen LogP contribution in [0, 0.1) is 0 Å². The molecule has 3 atom stereocenters. The van der Waals surface area contributed by atoms with Crippen LogP contribution in [0.15, 0.2) is 12.1 Å². The number of aryl methyl sites for hydroxylation is 1. The SMILES string of the molecule is CCCCc1cc2nc(C(C)F)cc(N3C4CCC3COC4)n2n1.